The Morgan fingerprint density at radius 3 is 2.40 bits per heavy atom. The number of fused-ring (bicyclic) bond motifs is 1. The van der Waals surface area contributed by atoms with E-state index in [1.807, 2.05) is 6.07 Å². The fourth-order valence-corrected chi connectivity index (χ4v) is 6.09. The average molecular weight is 445 g/mol. The molecule has 0 aliphatic carbocycles. The summed E-state index contributed by atoms with van der Waals surface area (Å²) in [5.41, 5.74) is 0.523. The zero-order valence-corrected chi connectivity index (χ0v) is 17.6. The zero-order valence-electron chi connectivity index (χ0n) is 16.8. The highest BCUT2D eigenvalue weighted by Crippen LogP contribution is 2.31. The van der Waals surface area contributed by atoms with Gasteiger partial charge in [0.1, 0.15) is 28.2 Å². The topological polar surface area (TPSA) is 51.5 Å². The van der Waals surface area contributed by atoms with Crippen molar-refractivity contribution in [3.05, 3.63) is 30.5 Å². The van der Waals surface area contributed by atoms with Gasteiger partial charge in [-0.25, -0.2) is 8.42 Å². The molecule has 2 aliphatic rings. The van der Waals surface area contributed by atoms with Crippen molar-refractivity contribution in [2.24, 2.45) is 5.92 Å². The third-order valence-electron chi connectivity index (χ3n) is 6.14. The van der Waals surface area contributed by atoms with Gasteiger partial charge in [-0.2, -0.15) is 13.2 Å². The van der Waals surface area contributed by atoms with Crippen LogP contribution in [-0.4, -0.2) is 61.3 Å². The van der Waals surface area contributed by atoms with Crippen molar-refractivity contribution in [1.29, 1.82) is 0 Å². The molecule has 0 atom stereocenters. The summed E-state index contributed by atoms with van der Waals surface area (Å²) in [5.74, 6) is 1.67. The maximum absolute atomic E-state index is 12.8. The normalized spacial score (nSPS) is 21.8. The summed E-state index contributed by atoms with van der Waals surface area (Å²) < 4.78 is 68.9. The molecule has 0 bridgehead atoms. The molecule has 2 aliphatic heterocycles. The molecule has 0 spiro atoms. The highest BCUT2D eigenvalue weighted by atomic mass is 32.2. The second kappa shape index (κ2) is 8.42. The monoisotopic (exact) mass is 444 g/mol. The summed E-state index contributed by atoms with van der Waals surface area (Å²) in [4.78, 5) is 2.38. The van der Waals surface area contributed by atoms with E-state index in [-0.39, 0.29) is 6.10 Å². The average Bonchev–Trinajstić information content (AvgIpc) is 3.07. The summed E-state index contributed by atoms with van der Waals surface area (Å²) in [7, 11) is -2.83. The Bertz CT molecular complexity index is 965. The SMILES string of the molecule is O=S1(=O)CCC(CN2CCC(Oc3cccc4c3ccn4CC(F)(F)F)CC2)CC1. The summed E-state index contributed by atoms with van der Waals surface area (Å²) in [6.07, 6.45) is 0.418. The lowest BCUT2D eigenvalue weighted by molar-refractivity contribution is -0.139. The minimum atomic E-state index is -4.27. The lowest BCUT2D eigenvalue weighted by atomic mass is 10.00. The molecule has 9 heteroatoms. The van der Waals surface area contributed by atoms with Crippen LogP contribution in [0.3, 0.4) is 0 Å². The maximum Gasteiger partial charge on any atom is 0.406 e. The highest BCUT2D eigenvalue weighted by molar-refractivity contribution is 7.91. The number of aromatic nitrogens is 1. The van der Waals surface area contributed by atoms with Gasteiger partial charge in [0.15, 0.2) is 0 Å². The molecule has 166 valence electrons. The summed E-state index contributed by atoms with van der Waals surface area (Å²) >= 11 is 0. The molecular formula is C21H27F3N2O3S. The molecule has 2 aromatic rings. The van der Waals surface area contributed by atoms with Crippen molar-refractivity contribution >= 4 is 20.7 Å². The lowest BCUT2D eigenvalue weighted by Gasteiger charge is -2.35. The molecule has 0 radical (unpaired) electrons. The van der Waals surface area contributed by atoms with E-state index in [4.69, 9.17) is 4.74 Å². The standard InChI is InChI=1S/C21H27F3N2O3S/c22-21(23,24)15-26-11-6-18-19(26)2-1-3-20(18)29-17-4-9-25(10-5-17)14-16-7-12-30(27,28)13-8-16/h1-3,6,11,16-17H,4-5,7-10,12-15H2. The third kappa shape index (κ3) is 5.29. The first-order valence-electron chi connectivity index (χ1n) is 10.4. The van der Waals surface area contributed by atoms with Crippen molar-refractivity contribution in [3.63, 3.8) is 0 Å². The van der Waals surface area contributed by atoms with E-state index in [0.29, 0.717) is 34.1 Å². The number of likely N-dealkylation sites (tertiary alicyclic amines) is 1. The van der Waals surface area contributed by atoms with Gasteiger partial charge in [-0.15, -0.1) is 0 Å². The van der Waals surface area contributed by atoms with Gasteiger partial charge in [-0.1, -0.05) is 6.07 Å². The molecule has 0 unspecified atom stereocenters. The Balaban J connectivity index is 1.32. The van der Waals surface area contributed by atoms with E-state index in [2.05, 4.69) is 4.90 Å². The van der Waals surface area contributed by atoms with Crippen LogP contribution in [0.1, 0.15) is 25.7 Å². The first kappa shape index (κ1) is 21.5. The quantitative estimate of drug-likeness (QED) is 0.703. The van der Waals surface area contributed by atoms with Crippen molar-refractivity contribution in [3.8, 4) is 5.75 Å². The number of sulfone groups is 1. The second-order valence-electron chi connectivity index (χ2n) is 8.46. The highest BCUT2D eigenvalue weighted by Gasteiger charge is 2.29. The number of hydrogen-bond acceptors (Lipinski definition) is 4. The van der Waals surface area contributed by atoms with Crippen LogP contribution >= 0.6 is 0 Å². The minimum Gasteiger partial charge on any atom is -0.490 e. The first-order valence-corrected chi connectivity index (χ1v) is 12.2. The van der Waals surface area contributed by atoms with Crippen LogP contribution in [-0.2, 0) is 16.4 Å². The van der Waals surface area contributed by atoms with Crippen LogP contribution in [0.4, 0.5) is 13.2 Å². The van der Waals surface area contributed by atoms with E-state index in [1.165, 1.54) is 10.8 Å². The molecule has 0 amide bonds. The van der Waals surface area contributed by atoms with Crippen LogP contribution in [0.25, 0.3) is 10.9 Å². The Morgan fingerprint density at radius 2 is 1.73 bits per heavy atom. The predicted molar refractivity (Wildman–Crippen MR) is 109 cm³/mol. The fraction of sp³-hybridized carbons (Fsp3) is 0.619. The van der Waals surface area contributed by atoms with Gasteiger partial charge in [-0.05, 0) is 49.8 Å². The Hall–Kier alpha value is -1.74. The first-order chi connectivity index (χ1) is 14.2. The third-order valence-corrected chi connectivity index (χ3v) is 7.86. The van der Waals surface area contributed by atoms with Crippen LogP contribution in [0, 0.1) is 5.92 Å². The molecule has 2 fully saturated rings. The van der Waals surface area contributed by atoms with Gasteiger partial charge in [0.2, 0.25) is 0 Å². The lowest BCUT2D eigenvalue weighted by Crippen LogP contribution is -2.42. The summed E-state index contributed by atoms with van der Waals surface area (Å²) in [6, 6.07) is 6.91. The van der Waals surface area contributed by atoms with Gasteiger partial charge in [0.25, 0.3) is 0 Å². The smallest absolute Gasteiger partial charge is 0.406 e. The van der Waals surface area contributed by atoms with E-state index < -0.39 is 22.6 Å². The van der Waals surface area contributed by atoms with Crippen molar-refractivity contribution in [1.82, 2.24) is 9.47 Å². The maximum atomic E-state index is 12.8. The fourth-order valence-electron chi connectivity index (χ4n) is 4.50. The van der Waals surface area contributed by atoms with E-state index in [1.54, 1.807) is 18.2 Å². The van der Waals surface area contributed by atoms with Gasteiger partial charge in [0.05, 0.1) is 17.0 Å². The van der Waals surface area contributed by atoms with E-state index >= 15 is 0 Å². The van der Waals surface area contributed by atoms with Crippen LogP contribution in [0.2, 0.25) is 0 Å². The van der Waals surface area contributed by atoms with E-state index in [9.17, 15) is 21.6 Å². The van der Waals surface area contributed by atoms with Crippen molar-refractivity contribution in [2.75, 3.05) is 31.1 Å². The molecule has 1 aromatic heterocycles. The number of halogens is 3. The van der Waals surface area contributed by atoms with Crippen LogP contribution in [0.15, 0.2) is 30.5 Å². The Labute approximate surface area is 174 Å². The number of hydrogen-bond donors (Lipinski definition) is 0. The number of piperidine rings is 1. The van der Waals surface area contributed by atoms with Crippen LogP contribution < -0.4 is 4.74 Å². The van der Waals surface area contributed by atoms with Crippen molar-refractivity contribution < 1.29 is 26.3 Å². The number of alkyl halides is 3. The molecule has 2 saturated heterocycles. The van der Waals surface area contributed by atoms with Gasteiger partial charge in [0, 0.05) is 31.2 Å². The molecule has 5 nitrogen and oxygen atoms in total. The Morgan fingerprint density at radius 1 is 1.03 bits per heavy atom. The van der Waals surface area contributed by atoms with Gasteiger partial charge < -0.3 is 14.2 Å². The van der Waals surface area contributed by atoms with Crippen LogP contribution in [0.5, 0.6) is 5.75 Å². The number of ether oxygens (including phenoxy) is 1. The molecular weight excluding hydrogens is 417 g/mol. The molecule has 0 N–H and O–H groups in total. The molecule has 3 heterocycles. The number of nitrogens with zero attached hydrogens (tertiary/aromatic N) is 2. The summed E-state index contributed by atoms with van der Waals surface area (Å²) in [6.45, 7) is 1.69. The Kier molecular flexibility index (Phi) is 6.03. The molecule has 4 rings (SSSR count). The minimum absolute atomic E-state index is 0.0320. The largest absolute Gasteiger partial charge is 0.490 e. The zero-order chi connectivity index (χ0) is 21.4. The summed E-state index contributed by atoms with van der Waals surface area (Å²) in [5, 5.41) is 0.701. The second-order valence-corrected chi connectivity index (χ2v) is 10.8. The van der Waals surface area contributed by atoms with E-state index in [0.717, 1.165) is 45.3 Å². The molecule has 0 saturated carbocycles. The molecule has 1 aromatic carbocycles. The number of rotatable bonds is 5. The van der Waals surface area contributed by atoms with Crippen molar-refractivity contribution in [2.45, 2.75) is 44.5 Å². The van der Waals surface area contributed by atoms with Gasteiger partial charge in [-0.3, -0.25) is 0 Å². The molecule has 30 heavy (non-hydrogen) atoms. The number of benzene rings is 1. The van der Waals surface area contributed by atoms with Gasteiger partial charge >= 0.3 is 6.18 Å². The predicted octanol–water partition coefficient (Wildman–Crippen LogP) is 3.87.